The number of halogens is 6. The molecule has 1 N–H and O–H groups in total. The first kappa shape index (κ1) is 24.6. The lowest BCUT2D eigenvalue weighted by molar-refractivity contribution is -0.139. The van der Waals surface area contributed by atoms with Crippen molar-refractivity contribution in [2.75, 3.05) is 6.54 Å². The molecule has 34 heavy (non-hydrogen) atoms. The Morgan fingerprint density at radius 3 is 1.88 bits per heavy atom. The molecule has 3 unspecified atom stereocenters. The van der Waals surface area contributed by atoms with Gasteiger partial charge in [0.2, 0.25) is 0 Å². The van der Waals surface area contributed by atoms with E-state index in [0.717, 1.165) is 42.7 Å². The zero-order valence-electron chi connectivity index (χ0n) is 18.2. The maximum Gasteiger partial charge on any atom is 0.416 e. The van der Waals surface area contributed by atoms with Crippen LogP contribution in [-0.4, -0.2) is 22.5 Å². The molecule has 0 bridgehead atoms. The summed E-state index contributed by atoms with van der Waals surface area (Å²) >= 11 is 0. The van der Waals surface area contributed by atoms with Gasteiger partial charge in [-0.05, 0) is 79.5 Å². The number of benzene rings is 2. The van der Waals surface area contributed by atoms with E-state index >= 15 is 0 Å². The van der Waals surface area contributed by atoms with Gasteiger partial charge in [0.15, 0.2) is 0 Å². The van der Waals surface area contributed by atoms with Gasteiger partial charge in [-0.2, -0.15) is 26.3 Å². The largest absolute Gasteiger partial charge is 0.481 e. The normalized spacial score (nSPS) is 23.0. The number of nitrogens with zero attached hydrogens (tertiary/aromatic N) is 1. The van der Waals surface area contributed by atoms with E-state index in [2.05, 4.69) is 4.90 Å². The summed E-state index contributed by atoms with van der Waals surface area (Å²) in [6.45, 7) is 0.520. The number of rotatable bonds is 6. The third-order valence-corrected chi connectivity index (χ3v) is 6.84. The summed E-state index contributed by atoms with van der Waals surface area (Å²) in [5.74, 6) is -0.815. The van der Waals surface area contributed by atoms with Crippen molar-refractivity contribution in [3.05, 3.63) is 70.8 Å². The number of alkyl halides is 6. The molecule has 1 heterocycles. The maximum atomic E-state index is 13.1. The number of hydrogen-bond acceptors (Lipinski definition) is 2. The average molecular weight is 485 g/mol. The summed E-state index contributed by atoms with van der Waals surface area (Å²) in [5, 5.41) is 9.26. The highest BCUT2D eigenvalue weighted by atomic mass is 19.4. The van der Waals surface area contributed by atoms with Crippen LogP contribution < -0.4 is 0 Å². The van der Waals surface area contributed by atoms with E-state index in [9.17, 15) is 36.2 Å². The van der Waals surface area contributed by atoms with Crippen LogP contribution in [0.3, 0.4) is 0 Å². The molecule has 1 aliphatic heterocycles. The Morgan fingerprint density at radius 1 is 0.882 bits per heavy atom. The summed E-state index contributed by atoms with van der Waals surface area (Å²) in [7, 11) is 0. The van der Waals surface area contributed by atoms with Crippen LogP contribution in [-0.2, 0) is 17.1 Å². The molecule has 3 nitrogen and oxygen atoms in total. The van der Waals surface area contributed by atoms with Crippen molar-refractivity contribution in [1.82, 2.24) is 4.90 Å². The minimum atomic E-state index is -4.46. The number of hydrogen-bond donors (Lipinski definition) is 1. The molecule has 2 aromatic carbocycles. The van der Waals surface area contributed by atoms with Crippen LogP contribution in [0.25, 0.3) is 0 Å². The van der Waals surface area contributed by atoms with Crippen LogP contribution in [0, 0.1) is 11.8 Å². The molecule has 0 amide bonds. The molecular weight excluding hydrogens is 460 g/mol. The first-order chi connectivity index (χ1) is 15.9. The Morgan fingerprint density at radius 2 is 1.41 bits per heavy atom. The first-order valence-corrected chi connectivity index (χ1v) is 11.3. The highest BCUT2D eigenvalue weighted by Crippen LogP contribution is 2.50. The van der Waals surface area contributed by atoms with Crippen molar-refractivity contribution >= 4 is 5.97 Å². The van der Waals surface area contributed by atoms with Gasteiger partial charge in [0, 0.05) is 18.5 Å². The topological polar surface area (TPSA) is 40.5 Å². The number of likely N-dealkylation sites (tertiary alicyclic amines) is 1. The van der Waals surface area contributed by atoms with Crippen LogP contribution in [0.1, 0.15) is 66.4 Å². The Hall–Kier alpha value is -2.55. The first-order valence-electron chi connectivity index (χ1n) is 11.3. The van der Waals surface area contributed by atoms with Gasteiger partial charge in [-0.25, -0.2) is 0 Å². The number of carbonyl (C=O) groups is 1. The molecular formula is C25H25F6NO2. The van der Waals surface area contributed by atoms with E-state index in [1.807, 2.05) is 0 Å². The van der Waals surface area contributed by atoms with Crippen LogP contribution in [0.2, 0.25) is 0 Å². The fourth-order valence-corrected chi connectivity index (χ4v) is 5.06. The summed E-state index contributed by atoms with van der Waals surface area (Å²) in [4.78, 5) is 13.5. The molecule has 0 spiro atoms. The minimum absolute atomic E-state index is 0.0284. The minimum Gasteiger partial charge on any atom is -0.481 e. The van der Waals surface area contributed by atoms with Gasteiger partial charge < -0.3 is 5.11 Å². The van der Waals surface area contributed by atoms with Crippen molar-refractivity contribution in [3.8, 4) is 0 Å². The lowest BCUT2D eigenvalue weighted by Crippen LogP contribution is -2.40. The lowest BCUT2D eigenvalue weighted by Gasteiger charge is -2.44. The molecule has 9 heteroatoms. The number of aliphatic carboxylic acids is 1. The van der Waals surface area contributed by atoms with Crippen molar-refractivity contribution < 1.29 is 36.2 Å². The standard InChI is InChI=1S/C25H25F6NO2/c26-24(27,28)19-7-3-16(4-8-19)21-13-15(14-22(33)34)11-12-32(21)23(17-1-2-17)18-5-9-20(10-6-18)25(29,30)31/h3-10,15,17,21,23H,1-2,11-14H2,(H,33,34). The fraction of sp³-hybridized carbons (Fsp3) is 0.480. The van der Waals surface area contributed by atoms with Gasteiger partial charge >= 0.3 is 18.3 Å². The molecule has 2 aromatic rings. The SMILES string of the molecule is O=C(O)CC1CCN(C(c2ccc(C(F)(F)F)cc2)C2CC2)C(c2ccc(C(F)(F)F)cc2)C1. The molecule has 1 saturated carbocycles. The van der Waals surface area contributed by atoms with E-state index in [4.69, 9.17) is 0 Å². The number of carboxylic acids is 1. The Bertz CT molecular complexity index is 996. The van der Waals surface area contributed by atoms with Crippen molar-refractivity contribution in [2.24, 2.45) is 11.8 Å². The third-order valence-electron chi connectivity index (χ3n) is 6.84. The molecule has 4 rings (SSSR count). The second kappa shape index (κ2) is 9.24. The summed E-state index contributed by atoms with van der Waals surface area (Å²) in [5.41, 5.74) is -0.0998. The summed E-state index contributed by atoms with van der Waals surface area (Å²) < 4.78 is 78.4. The van der Waals surface area contributed by atoms with E-state index in [1.165, 1.54) is 24.3 Å². The van der Waals surface area contributed by atoms with E-state index in [-0.39, 0.29) is 30.3 Å². The molecule has 0 radical (unpaired) electrons. The molecule has 1 saturated heterocycles. The van der Waals surface area contributed by atoms with E-state index < -0.39 is 29.4 Å². The molecule has 2 aliphatic rings. The zero-order valence-corrected chi connectivity index (χ0v) is 18.2. The second-order valence-corrected chi connectivity index (χ2v) is 9.26. The highest BCUT2D eigenvalue weighted by Gasteiger charge is 2.43. The van der Waals surface area contributed by atoms with Gasteiger partial charge in [0.05, 0.1) is 11.1 Å². The Kier molecular flexibility index (Phi) is 6.68. The monoisotopic (exact) mass is 485 g/mol. The average Bonchev–Trinajstić information content (AvgIpc) is 3.59. The zero-order chi connectivity index (χ0) is 24.7. The van der Waals surface area contributed by atoms with Crippen LogP contribution in [0.4, 0.5) is 26.3 Å². The third kappa shape index (κ3) is 5.56. The second-order valence-electron chi connectivity index (χ2n) is 9.26. The van der Waals surface area contributed by atoms with E-state index in [0.29, 0.717) is 24.9 Å². The molecule has 184 valence electrons. The van der Waals surface area contributed by atoms with E-state index in [1.54, 1.807) is 0 Å². The highest BCUT2D eigenvalue weighted by molar-refractivity contribution is 5.67. The van der Waals surface area contributed by atoms with Crippen LogP contribution in [0.5, 0.6) is 0 Å². The molecule has 0 aromatic heterocycles. The molecule has 1 aliphatic carbocycles. The summed E-state index contributed by atoms with van der Waals surface area (Å²) in [6.07, 6.45) is -6.03. The Labute approximate surface area is 193 Å². The van der Waals surface area contributed by atoms with Gasteiger partial charge in [0.1, 0.15) is 0 Å². The maximum absolute atomic E-state index is 13.1. The smallest absolute Gasteiger partial charge is 0.416 e. The van der Waals surface area contributed by atoms with Gasteiger partial charge in [-0.3, -0.25) is 9.69 Å². The van der Waals surface area contributed by atoms with Gasteiger partial charge in [-0.1, -0.05) is 24.3 Å². The predicted molar refractivity (Wildman–Crippen MR) is 113 cm³/mol. The van der Waals surface area contributed by atoms with Crippen molar-refractivity contribution in [3.63, 3.8) is 0 Å². The molecule has 2 fully saturated rings. The van der Waals surface area contributed by atoms with Crippen molar-refractivity contribution in [1.29, 1.82) is 0 Å². The Balaban J connectivity index is 1.67. The molecule has 3 atom stereocenters. The number of piperidine rings is 1. The van der Waals surface area contributed by atoms with Crippen LogP contribution in [0.15, 0.2) is 48.5 Å². The van der Waals surface area contributed by atoms with Crippen molar-refractivity contribution in [2.45, 2.75) is 56.5 Å². The van der Waals surface area contributed by atoms with Crippen LogP contribution >= 0.6 is 0 Å². The van der Waals surface area contributed by atoms with Gasteiger partial charge in [0.25, 0.3) is 0 Å². The number of carboxylic acid groups (broad SMARTS) is 1. The summed E-state index contributed by atoms with van der Waals surface area (Å²) in [6, 6.07) is 9.51. The fourth-order valence-electron chi connectivity index (χ4n) is 5.06. The van der Waals surface area contributed by atoms with Gasteiger partial charge in [-0.15, -0.1) is 0 Å². The lowest BCUT2D eigenvalue weighted by atomic mass is 9.82. The quantitative estimate of drug-likeness (QED) is 0.444. The predicted octanol–water partition coefficient (Wildman–Crippen LogP) is 7.10.